The lowest BCUT2D eigenvalue weighted by atomic mass is 10.9. The fourth-order valence-corrected chi connectivity index (χ4v) is 22.2. The van der Waals surface area contributed by atoms with Gasteiger partial charge in [0.05, 0.1) is 0 Å². The van der Waals surface area contributed by atoms with Gasteiger partial charge in [-0.3, -0.25) is 0 Å². The summed E-state index contributed by atoms with van der Waals surface area (Å²) in [5.41, 5.74) is 3.95. The summed E-state index contributed by atoms with van der Waals surface area (Å²) in [7, 11) is -6.67. The van der Waals surface area contributed by atoms with Crippen LogP contribution in [-0.2, 0) is 16.5 Å². The molecule has 0 bridgehead atoms. The lowest BCUT2D eigenvalue weighted by Crippen LogP contribution is -2.33. The average molecular weight is 557 g/mol. The molecular formula is C18H52O4Si8. The van der Waals surface area contributed by atoms with E-state index in [4.69, 9.17) is 16.5 Å². The van der Waals surface area contributed by atoms with E-state index in [1.807, 2.05) is 11.4 Å². The minimum Gasteiger partial charge on any atom is -0.461 e. The molecule has 0 heterocycles. The standard InChI is InChI=1S/2C9H26O2Si4/c2*1-7-12-11-15(5,6)9-8-13-10-14(2,3)4/h2*7H,1,8-9,12-13H2,2-6H3. The van der Waals surface area contributed by atoms with Crippen molar-refractivity contribution in [2.24, 2.45) is 0 Å². The highest BCUT2D eigenvalue weighted by molar-refractivity contribution is 6.78. The second-order valence-corrected chi connectivity index (χ2v) is 36.0. The van der Waals surface area contributed by atoms with Crippen molar-refractivity contribution in [2.45, 2.75) is 89.6 Å². The Morgan fingerprint density at radius 3 is 1.10 bits per heavy atom. The Morgan fingerprint density at radius 2 is 0.867 bits per heavy atom. The van der Waals surface area contributed by atoms with Crippen molar-refractivity contribution in [3.63, 3.8) is 0 Å². The molecule has 0 N–H and O–H groups in total. The molecule has 0 aromatic carbocycles. The molecule has 0 aromatic heterocycles. The predicted octanol–water partition coefficient (Wildman–Crippen LogP) is 3.58. The fraction of sp³-hybridized carbons (Fsp3) is 0.778. The number of rotatable bonds is 16. The summed E-state index contributed by atoms with van der Waals surface area (Å²) in [6.45, 7) is 30.3. The van der Waals surface area contributed by atoms with Crippen LogP contribution in [0.2, 0.25) is 89.6 Å². The summed E-state index contributed by atoms with van der Waals surface area (Å²) in [6.07, 6.45) is 0. The van der Waals surface area contributed by atoms with E-state index in [0.29, 0.717) is 0 Å². The fourth-order valence-electron chi connectivity index (χ4n) is 2.47. The van der Waals surface area contributed by atoms with Crippen molar-refractivity contribution >= 4 is 72.3 Å². The van der Waals surface area contributed by atoms with Gasteiger partial charge in [-0.05, 0) is 89.6 Å². The molecule has 0 aromatic rings. The molecule has 30 heavy (non-hydrogen) atoms. The summed E-state index contributed by atoms with van der Waals surface area (Å²) in [6, 6.07) is 5.11. The summed E-state index contributed by atoms with van der Waals surface area (Å²) >= 11 is 0. The average Bonchev–Trinajstić information content (AvgIpc) is 2.58. The maximum absolute atomic E-state index is 5.96. The Bertz CT molecular complexity index is 420. The third kappa shape index (κ3) is 27.1. The zero-order valence-corrected chi connectivity index (χ0v) is 31.5. The Labute approximate surface area is 202 Å². The highest BCUT2D eigenvalue weighted by Crippen LogP contribution is 2.15. The first-order valence-corrected chi connectivity index (χ1v) is 30.3. The second-order valence-electron chi connectivity index (χ2n) is 10.8. The van der Waals surface area contributed by atoms with Crippen LogP contribution >= 0.6 is 0 Å². The topological polar surface area (TPSA) is 36.9 Å². The second kappa shape index (κ2) is 16.6. The first-order valence-electron chi connectivity index (χ1n) is 11.3. The van der Waals surface area contributed by atoms with Crippen LogP contribution in [0.3, 0.4) is 0 Å². The van der Waals surface area contributed by atoms with Gasteiger partial charge in [0.15, 0.2) is 52.8 Å². The molecule has 0 atom stereocenters. The van der Waals surface area contributed by atoms with E-state index in [-0.39, 0.29) is 19.5 Å². The molecule has 0 aliphatic carbocycles. The van der Waals surface area contributed by atoms with Crippen LogP contribution in [0.4, 0.5) is 0 Å². The first-order chi connectivity index (χ1) is 13.5. The molecule has 0 amide bonds. The van der Waals surface area contributed by atoms with Crippen LogP contribution in [0.25, 0.3) is 0 Å². The maximum Gasteiger partial charge on any atom is 0.173 e. The van der Waals surface area contributed by atoms with Crippen molar-refractivity contribution < 1.29 is 16.5 Å². The van der Waals surface area contributed by atoms with Gasteiger partial charge in [0, 0.05) is 0 Å². The molecule has 12 heteroatoms. The number of hydrogen-bond donors (Lipinski definition) is 0. The SMILES string of the molecule is C=C[SiH2]O[Si](C)(C)CC[SiH2]O[Si](C)(C)C.C=C[SiH2]O[Si](C)(C)CC[SiH2]O[Si](C)(C)C. The van der Waals surface area contributed by atoms with Crippen molar-refractivity contribution in [1.29, 1.82) is 0 Å². The molecule has 0 saturated carbocycles. The quantitative estimate of drug-likeness (QED) is 0.215. The molecule has 0 aliphatic heterocycles. The lowest BCUT2D eigenvalue weighted by Gasteiger charge is -2.23. The van der Waals surface area contributed by atoms with E-state index in [0.717, 1.165) is 0 Å². The van der Waals surface area contributed by atoms with Crippen LogP contribution in [0.1, 0.15) is 0 Å². The minimum absolute atomic E-state index is 0.290. The van der Waals surface area contributed by atoms with Crippen LogP contribution in [0.5, 0.6) is 0 Å². The van der Waals surface area contributed by atoms with Gasteiger partial charge in [0.1, 0.15) is 19.5 Å². The minimum atomic E-state index is -1.36. The van der Waals surface area contributed by atoms with Gasteiger partial charge < -0.3 is 16.5 Å². The summed E-state index contributed by atoms with van der Waals surface area (Å²) in [4.78, 5) is 0. The molecule has 0 aliphatic rings. The summed E-state index contributed by atoms with van der Waals surface area (Å²) < 4.78 is 23.8. The van der Waals surface area contributed by atoms with E-state index in [1.54, 1.807) is 0 Å². The molecule has 0 fully saturated rings. The molecule has 180 valence electrons. The third-order valence-corrected chi connectivity index (χ3v) is 26.5. The van der Waals surface area contributed by atoms with Crippen molar-refractivity contribution in [2.75, 3.05) is 0 Å². The van der Waals surface area contributed by atoms with Gasteiger partial charge in [0.2, 0.25) is 0 Å². The Balaban J connectivity index is 0. The van der Waals surface area contributed by atoms with E-state index in [2.05, 4.69) is 78.6 Å². The molecule has 0 saturated heterocycles. The van der Waals surface area contributed by atoms with Gasteiger partial charge in [-0.15, -0.1) is 13.2 Å². The Morgan fingerprint density at radius 1 is 0.567 bits per heavy atom. The smallest absolute Gasteiger partial charge is 0.173 e. The van der Waals surface area contributed by atoms with E-state index >= 15 is 0 Å². The van der Waals surface area contributed by atoms with Crippen molar-refractivity contribution in [1.82, 2.24) is 0 Å². The van der Waals surface area contributed by atoms with E-state index < -0.39 is 52.8 Å². The van der Waals surface area contributed by atoms with Gasteiger partial charge in [-0.25, -0.2) is 0 Å². The van der Waals surface area contributed by atoms with Crippen LogP contribution < -0.4 is 0 Å². The molecule has 4 nitrogen and oxygen atoms in total. The first kappa shape index (κ1) is 33.2. The van der Waals surface area contributed by atoms with E-state index in [1.165, 1.54) is 24.2 Å². The predicted molar refractivity (Wildman–Crippen MR) is 160 cm³/mol. The highest BCUT2D eigenvalue weighted by Gasteiger charge is 2.22. The van der Waals surface area contributed by atoms with Gasteiger partial charge in [-0.2, -0.15) is 0 Å². The van der Waals surface area contributed by atoms with Gasteiger partial charge in [-0.1, -0.05) is 11.4 Å². The molecule has 0 rings (SSSR count). The van der Waals surface area contributed by atoms with Crippen LogP contribution in [0.15, 0.2) is 24.6 Å². The van der Waals surface area contributed by atoms with Crippen molar-refractivity contribution in [3.8, 4) is 0 Å². The Kier molecular flexibility index (Phi) is 18.4. The summed E-state index contributed by atoms with van der Waals surface area (Å²) in [5, 5.41) is 0. The van der Waals surface area contributed by atoms with Gasteiger partial charge >= 0.3 is 0 Å². The van der Waals surface area contributed by atoms with E-state index in [9.17, 15) is 0 Å². The Hall–Kier alpha value is 1.06. The monoisotopic (exact) mass is 556 g/mol. The largest absolute Gasteiger partial charge is 0.461 e. The van der Waals surface area contributed by atoms with Crippen LogP contribution in [0, 0.1) is 0 Å². The van der Waals surface area contributed by atoms with Crippen molar-refractivity contribution in [3.05, 3.63) is 24.6 Å². The van der Waals surface area contributed by atoms with Gasteiger partial charge in [0.25, 0.3) is 0 Å². The third-order valence-electron chi connectivity index (χ3n) is 4.10. The molecule has 0 radical (unpaired) electrons. The lowest BCUT2D eigenvalue weighted by molar-refractivity contribution is 0.581. The zero-order chi connectivity index (χ0) is 23.9. The molecular weight excluding hydrogens is 505 g/mol. The summed E-state index contributed by atoms with van der Waals surface area (Å²) in [5.74, 6) is 0. The zero-order valence-electron chi connectivity index (χ0n) is 21.9. The number of hydrogen-bond acceptors (Lipinski definition) is 4. The van der Waals surface area contributed by atoms with Crippen LogP contribution in [-0.4, -0.2) is 72.3 Å². The maximum atomic E-state index is 5.96. The molecule has 0 unspecified atom stereocenters. The normalized spacial score (nSPS) is 14.5. The molecule has 0 spiro atoms. The highest BCUT2D eigenvalue weighted by atomic mass is 28.4.